The number of hydrogen-bond acceptors (Lipinski definition) is 3. The molecule has 1 fully saturated rings. The van der Waals surface area contributed by atoms with E-state index in [1.165, 1.54) is 4.90 Å². The Labute approximate surface area is 183 Å². The summed E-state index contributed by atoms with van der Waals surface area (Å²) in [6.45, 7) is 3.51. The molecule has 1 heterocycles. The molecule has 0 unspecified atom stereocenters. The van der Waals surface area contributed by atoms with Crippen LogP contribution in [0.3, 0.4) is 0 Å². The molecule has 0 aliphatic carbocycles. The molecule has 1 aliphatic heterocycles. The monoisotopic (exact) mass is 429 g/mol. The first-order valence-electron chi connectivity index (χ1n) is 10.5. The van der Waals surface area contributed by atoms with Crippen molar-refractivity contribution < 1.29 is 14.5 Å². The molecule has 2 amide bonds. The summed E-state index contributed by atoms with van der Waals surface area (Å²) in [4.78, 5) is 29.1. The number of halogens is 1. The van der Waals surface area contributed by atoms with Gasteiger partial charge in [0, 0.05) is 48.0 Å². The van der Waals surface area contributed by atoms with Crippen LogP contribution < -0.4 is 20.4 Å². The predicted molar refractivity (Wildman–Crippen MR) is 122 cm³/mol. The van der Waals surface area contributed by atoms with Crippen molar-refractivity contribution in [2.45, 2.75) is 19.3 Å². The van der Waals surface area contributed by atoms with Crippen LogP contribution in [0.1, 0.15) is 40.0 Å². The molecule has 0 atom stereocenters. The maximum Gasteiger partial charge on any atom is 0.255 e. The summed E-state index contributed by atoms with van der Waals surface area (Å²) in [7, 11) is 4.19. The normalized spacial score (nSPS) is 13.5. The Morgan fingerprint density at radius 3 is 2.53 bits per heavy atom. The van der Waals surface area contributed by atoms with Crippen LogP contribution in [0.25, 0.3) is 0 Å². The zero-order valence-corrected chi connectivity index (χ0v) is 18.4. The van der Waals surface area contributed by atoms with E-state index in [9.17, 15) is 9.59 Å². The van der Waals surface area contributed by atoms with E-state index in [-0.39, 0.29) is 11.8 Å². The van der Waals surface area contributed by atoms with Crippen LogP contribution >= 0.6 is 11.6 Å². The Hall–Kier alpha value is -2.57. The number of nitrogens with one attached hydrogen (secondary N) is 3. The third kappa shape index (κ3) is 5.97. The predicted octanol–water partition coefficient (Wildman–Crippen LogP) is 2.46. The van der Waals surface area contributed by atoms with Crippen molar-refractivity contribution in [3.05, 3.63) is 58.6 Å². The first kappa shape index (κ1) is 22.1. The molecular weight excluding hydrogens is 400 g/mol. The van der Waals surface area contributed by atoms with Crippen molar-refractivity contribution in [2.75, 3.05) is 50.5 Å². The van der Waals surface area contributed by atoms with Gasteiger partial charge in [0.1, 0.15) is 0 Å². The lowest BCUT2D eigenvalue weighted by atomic mass is 10.1. The zero-order chi connectivity index (χ0) is 21.5. The summed E-state index contributed by atoms with van der Waals surface area (Å²) in [6.07, 6.45) is 3.16. The maximum atomic E-state index is 12.9. The zero-order valence-electron chi connectivity index (χ0n) is 17.6. The quantitative estimate of drug-likeness (QED) is 0.565. The molecule has 6 nitrogen and oxygen atoms in total. The molecule has 0 spiro atoms. The van der Waals surface area contributed by atoms with E-state index in [1.54, 1.807) is 30.3 Å². The third-order valence-electron chi connectivity index (χ3n) is 5.17. The first-order valence-corrected chi connectivity index (χ1v) is 10.8. The van der Waals surface area contributed by atoms with Crippen LogP contribution in [-0.4, -0.2) is 52.1 Å². The Kier molecular flexibility index (Phi) is 7.71. The van der Waals surface area contributed by atoms with Crippen LogP contribution in [0.2, 0.25) is 5.02 Å². The van der Waals surface area contributed by atoms with Crippen molar-refractivity contribution >= 4 is 34.8 Å². The van der Waals surface area contributed by atoms with Gasteiger partial charge in [0.05, 0.1) is 26.2 Å². The minimum absolute atomic E-state index is 0.107. The molecular formula is C23H30ClN4O2+. The van der Waals surface area contributed by atoms with E-state index in [2.05, 4.69) is 29.6 Å². The second-order valence-electron chi connectivity index (χ2n) is 7.96. The van der Waals surface area contributed by atoms with Gasteiger partial charge in [-0.2, -0.15) is 0 Å². The molecule has 0 radical (unpaired) electrons. The number of rotatable bonds is 8. The van der Waals surface area contributed by atoms with Crippen LogP contribution in [0.15, 0.2) is 42.5 Å². The summed E-state index contributed by atoms with van der Waals surface area (Å²) >= 11 is 5.99. The van der Waals surface area contributed by atoms with Crippen molar-refractivity contribution in [3.63, 3.8) is 0 Å². The number of nitrogens with zero attached hydrogens (tertiary/aromatic N) is 1. The lowest BCUT2D eigenvalue weighted by molar-refractivity contribution is -0.858. The number of amides is 2. The Balaban J connectivity index is 1.77. The van der Waals surface area contributed by atoms with Gasteiger partial charge in [-0.1, -0.05) is 17.7 Å². The molecule has 1 saturated heterocycles. The molecule has 7 heteroatoms. The van der Waals surface area contributed by atoms with Crippen LogP contribution in [0.5, 0.6) is 0 Å². The van der Waals surface area contributed by atoms with E-state index >= 15 is 0 Å². The van der Waals surface area contributed by atoms with Gasteiger partial charge in [-0.15, -0.1) is 0 Å². The first-order chi connectivity index (χ1) is 14.4. The largest absolute Gasteiger partial charge is 0.371 e. The number of carbonyl (C=O) groups is 2. The highest BCUT2D eigenvalue weighted by molar-refractivity contribution is 6.31. The highest BCUT2D eigenvalue weighted by atomic mass is 35.5. The minimum Gasteiger partial charge on any atom is -0.371 e. The van der Waals surface area contributed by atoms with Gasteiger partial charge in [0.15, 0.2) is 0 Å². The van der Waals surface area contributed by atoms with E-state index < -0.39 is 0 Å². The van der Waals surface area contributed by atoms with Gasteiger partial charge < -0.3 is 20.4 Å². The van der Waals surface area contributed by atoms with Crippen LogP contribution in [-0.2, 0) is 0 Å². The van der Waals surface area contributed by atoms with Crippen molar-refractivity contribution in [1.29, 1.82) is 0 Å². The Bertz CT molecular complexity index is 895. The molecule has 0 saturated carbocycles. The molecule has 1 aliphatic rings. The van der Waals surface area contributed by atoms with Gasteiger partial charge in [-0.25, -0.2) is 0 Å². The lowest BCUT2D eigenvalue weighted by Crippen LogP contribution is -3.05. The number of carbonyl (C=O) groups excluding carboxylic acids is 2. The second-order valence-corrected chi connectivity index (χ2v) is 8.39. The molecule has 0 aromatic heterocycles. The minimum atomic E-state index is -0.258. The van der Waals surface area contributed by atoms with Gasteiger partial charge in [0.2, 0.25) is 0 Å². The number of benzene rings is 2. The second kappa shape index (κ2) is 10.5. The smallest absolute Gasteiger partial charge is 0.255 e. The summed E-state index contributed by atoms with van der Waals surface area (Å²) < 4.78 is 0. The third-order valence-corrected chi connectivity index (χ3v) is 5.41. The van der Waals surface area contributed by atoms with Crippen molar-refractivity contribution in [3.8, 4) is 0 Å². The number of anilines is 2. The fraction of sp³-hybridized carbons (Fsp3) is 0.391. The van der Waals surface area contributed by atoms with Crippen molar-refractivity contribution in [1.82, 2.24) is 5.32 Å². The van der Waals surface area contributed by atoms with E-state index in [0.29, 0.717) is 28.4 Å². The van der Waals surface area contributed by atoms with E-state index in [1.807, 2.05) is 12.1 Å². The van der Waals surface area contributed by atoms with E-state index in [4.69, 9.17) is 11.6 Å². The molecule has 2 aromatic carbocycles. The van der Waals surface area contributed by atoms with Gasteiger partial charge >= 0.3 is 0 Å². The summed E-state index contributed by atoms with van der Waals surface area (Å²) in [5, 5.41) is 6.42. The molecule has 3 rings (SSSR count). The molecule has 160 valence electrons. The highest BCUT2D eigenvalue weighted by Crippen LogP contribution is 2.28. The van der Waals surface area contributed by atoms with Crippen molar-refractivity contribution in [2.24, 2.45) is 0 Å². The number of quaternary nitrogens is 1. The summed E-state index contributed by atoms with van der Waals surface area (Å²) in [6, 6.07) is 12.3. The standard InChI is InChI=1S/C23H29ClN4O2/c1-27(2)12-6-11-25-23(30)20-16-19(9-10-21(20)28-13-3-4-14-28)26-22(29)17-7-5-8-18(24)15-17/h5,7-10,15-16H,3-4,6,11-14H2,1-2H3,(H,25,30)(H,26,29)/p+1. The molecule has 3 N–H and O–H groups in total. The topological polar surface area (TPSA) is 65.9 Å². The van der Waals surface area contributed by atoms with Crippen LogP contribution in [0, 0.1) is 0 Å². The van der Waals surface area contributed by atoms with Gasteiger partial charge in [-0.3, -0.25) is 9.59 Å². The summed E-state index contributed by atoms with van der Waals surface area (Å²) in [5.41, 5.74) is 2.58. The van der Waals surface area contributed by atoms with Gasteiger partial charge in [-0.05, 0) is 49.2 Å². The molecule has 0 bridgehead atoms. The van der Waals surface area contributed by atoms with E-state index in [0.717, 1.165) is 44.6 Å². The highest BCUT2D eigenvalue weighted by Gasteiger charge is 2.20. The fourth-order valence-corrected chi connectivity index (χ4v) is 3.79. The SMILES string of the molecule is C[NH+](C)CCCNC(=O)c1cc(NC(=O)c2cccc(Cl)c2)ccc1N1CCCC1. The molecule has 2 aromatic rings. The Morgan fingerprint density at radius 2 is 1.83 bits per heavy atom. The van der Waals surface area contributed by atoms with Crippen LogP contribution in [0.4, 0.5) is 11.4 Å². The summed E-state index contributed by atoms with van der Waals surface area (Å²) in [5.74, 6) is -0.365. The maximum absolute atomic E-state index is 12.9. The van der Waals surface area contributed by atoms with Gasteiger partial charge in [0.25, 0.3) is 11.8 Å². The lowest BCUT2D eigenvalue weighted by Gasteiger charge is -2.22. The fourth-order valence-electron chi connectivity index (χ4n) is 3.60. The number of hydrogen-bond donors (Lipinski definition) is 3. The Morgan fingerprint density at radius 1 is 1.07 bits per heavy atom. The average Bonchev–Trinajstić information content (AvgIpc) is 3.25. The molecule has 30 heavy (non-hydrogen) atoms. The average molecular weight is 430 g/mol.